The number of hydrogen-bond donors (Lipinski definition) is 0. The van der Waals surface area contributed by atoms with Gasteiger partial charge in [-0.2, -0.15) is 13.2 Å². The second-order valence-electron chi connectivity index (χ2n) is 9.66. The van der Waals surface area contributed by atoms with Crippen molar-refractivity contribution in [2.75, 3.05) is 13.7 Å². The Morgan fingerprint density at radius 2 is 1.76 bits per heavy atom. The lowest BCUT2D eigenvalue weighted by atomic mass is 9.95. The zero-order valence-corrected chi connectivity index (χ0v) is 28.4. The molecule has 7 nitrogen and oxygen atoms in total. The van der Waals surface area contributed by atoms with Gasteiger partial charge in [-0.3, -0.25) is 9.36 Å². The predicted octanol–water partition coefficient (Wildman–Crippen LogP) is 7.65. The van der Waals surface area contributed by atoms with E-state index < -0.39 is 35.0 Å². The Labute approximate surface area is 287 Å². The van der Waals surface area contributed by atoms with Gasteiger partial charge < -0.3 is 14.2 Å². The van der Waals surface area contributed by atoms with Gasteiger partial charge in [0.1, 0.15) is 6.61 Å². The lowest BCUT2D eigenvalue weighted by molar-refractivity contribution is -0.140. The number of ether oxygens (including phenoxy) is 3. The highest BCUT2D eigenvalue weighted by Gasteiger charge is 2.45. The number of methoxy groups -OCH3 is 1. The summed E-state index contributed by atoms with van der Waals surface area (Å²) in [6.45, 7) is 1.38. The number of carbonyl (C=O) groups is 1. The largest absolute Gasteiger partial charge is 0.493 e. The minimum Gasteiger partial charge on any atom is -0.493 e. The van der Waals surface area contributed by atoms with Crippen LogP contribution in [0.2, 0.25) is 15.1 Å². The molecule has 1 aliphatic rings. The monoisotopic (exact) mass is 774 g/mol. The summed E-state index contributed by atoms with van der Waals surface area (Å²) in [5, 5.41) is 1.22. The minimum absolute atomic E-state index is 0.0497. The van der Waals surface area contributed by atoms with E-state index in [1.807, 2.05) is 0 Å². The summed E-state index contributed by atoms with van der Waals surface area (Å²) in [6.07, 6.45) is -3.54. The number of hydrogen-bond acceptors (Lipinski definition) is 7. The van der Waals surface area contributed by atoms with Crippen LogP contribution in [0.25, 0.3) is 6.08 Å². The lowest BCUT2D eigenvalue weighted by Gasteiger charge is -2.26. The first-order valence-electron chi connectivity index (χ1n) is 13.3. The van der Waals surface area contributed by atoms with Gasteiger partial charge in [0.25, 0.3) is 5.56 Å². The Morgan fingerprint density at radius 1 is 1.07 bits per heavy atom. The number of thiazole rings is 1. The summed E-state index contributed by atoms with van der Waals surface area (Å²) in [6, 6.07) is 12.6. The summed E-state index contributed by atoms with van der Waals surface area (Å²) < 4.78 is 61.1. The molecular formula is C31H21BrCl3F3N2O5S. The molecule has 0 fully saturated rings. The quantitative estimate of drug-likeness (QED) is 0.172. The average Bonchev–Trinajstić information content (AvgIpc) is 3.31. The second kappa shape index (κ2) is 13.8. The summed E-state index contributed by atoms with van der Waals surface area (Å²) in [5.74, 6) is -0.568. The second-order valence-corrected chi connectivity index (χ2v) is 12.8. The molecule has 1 atom stereocenters. The molecule has 0 amide bonds. The maximum atomic E-state index is 14.4. The van der Waals surface area contributed by atoms with Crippen LogP contribution >= 0.6 is 62.1 Å². The molecule has 0 spiro atoms. The van der Waals surface area contributed by atoms with Gasteiger partial charge in [0, 0.05) is 25.1 Å². The molecule has 0 unspecified atom stereocenters. The van der Waals surface area contributed by atoms with Crippen molar-refractivity contribution < 1.29 is 32.2 Å². The SMILES string of the molecule is CCOC(=O)C1=C(C(F)(F)F)N=c2s/c(=C\c3cc(OC)c(OCc4ccc(Cl)cc4Cl)cc3Br)c(=O)n2[C@H]1c1ccc(Cl)cc1. The van der Waals surface area contributed by atoms with Gasteiger partial charge in [-0.1, -0.05) is 80.3 Å². The van der Waals surface area contributed by atoms with Crippen LogP contribution in [0.1, 0.15) is 29.7 Å². The van der Waals surface area contributed by atoms with Crippen LogP contribution in [0, 0.1) is 0 Å². The molecular weight excluding hydrogens is 756 g/mol. The number of rotatable bonds is 8. The normalized spacial score (nSPS) is 15.0. The predicted molar refractivity (Wildman–Crippen MR) is 174 cm³/mol. The fourth-order valence-electron chi connectivity index (χ4n) is 4.67. The van der Waals surface area contributed by atoms with E-state index in [2.05, 4.69) is 20.9 Å². The maximum Gasteiger partial charge on any atom is 0.434 e. The number of halogens is 7. The van der Waals surface area contributed by atoms with Gasteiger partial charge in [-0.25, -0.2) is 9.79 Å². The molecule has 0 saturated heterocycles. The van der Waals surface area contributed by atoms with Crippen LogP contribution < -0.4 is 24.4 Å². The zero-order valence-electron chi connectivity index (χ0n) is 23.8. The lowest BCUT2D eigenvalue weighted by Crippen LogP contribution is -2.41. The number of carbonyl (C=O) groups excluding carboxylic acids is 1. The van der Waals surface area contributed by atoms with E-state index >= 15 is 0 Å². The van der Waals surface area contributed by atoms with E-state index in [4.69, 9.17) is 49.0 Å². The first-order valence-corrected chi connectivity index (χ1v) is 16.1. The van der Waals surface area contributed by atoms with Crippen molar-refractivity contribution in [3.05, 3.63) is 122 Å². The smallest absolute Gasteiger partial charge is 0.434 e. The van der Waals surface area contributed by atoms with Crippen LogP contribution in [-0.4, -0.2) is 30.4 Å². The Hall–Kier alpha value is -3.29. The standard InChI is InChI=1S/C31H21BrCl3F3N2O5S/c1-3-44-29(42)25-26(15-4-7-18(33)8-5-15)40-28(41)24(46-30(40)39-27(25)31(36,37)38)11-17-10-22(43-2)23(13-20(17)32)45-14-16-6-9-19(34)12-21(16)35/h4-13,26H,3,14H2,1-2H3/b24-11-/t26-/m0/s1. The van der Waals surface area contributed by atoms with E-state index in [-0.39, 0.29) is 28.1 Å². The summed E-state index contributed by atoms with van der Waals surface area (Å²) in [7, 11) is 1.44. The Bertz CT molecular complexity index is 2050. The van der Waals surface area contributed by atoms with E-state index in [1.165, 1.54) is 44.4 Å². The summed E-state index contributed by atoms with van der Waals surface area (Å²) in [4.78, 5) is 30.4. The van der Waals surface area contributed by atoms with Crippen molar-refractivity contribution in [1.82, 2.24) is 4.57 Å². The van der Waals surface area contributed by atoms with Crippen LogP contribution in [0.5, 0.6) is 11.5 Å². The summed E-state index contributed by atoms with van der Waals surface area (Å²) >= 11 is 22.5. The fraction of sp³-hybridized carbons (Fsp3) is 0.194. The molecule has 5 rings (SSSR count). The number of allylic oxidation sites excluding steroid dienone is 1. The van der Waals surface area contributed by atoms with Crippen molar-refractivity contribution in [3.63, 3.8) is 0 Å². The van der Waals surface area contributed by atoms with Gasteiger partial charge in [0.05, 0.1) is 29.9 Å². The molecule has 2 heterocycles. The molecule has 46 heavy (non-hydrogen) atoms. The van der Waals surface area contributed by atoms with Crippen molar-refractivity contribution in [2.45, 2.75) is 25.7 Å². The molecule has 240 valence electrons. The van der Waals surface area contributed by atoms with Gasteiger partial charge in [0.15, 0.2) is 22.0 Å². The number of fused-ring (bicyclic) bond motifs is 1. The Morgan fingerprint density at radius 3 is 2.39 bits per heavy atom. The third kappa shape index (κ3) is 7.01. The Kier molecular flexibility index (Phi) is 10.2. The molecule has 0 bridgehead atoms. The van der Waals surface area contributed by atoms with Crippen molar-refractivity contribution in [2.24, 2.45) is 4.99 Å². The molecule has 0 radical (unpaired) electrons. The van der Waals surface area contributed by atoms with Gasteiger partial charge >= 0.3 is 12.1 Å². The first-order chi connectivity index (χ1) is 21.8. The first kappa shape index (κ1) is 34.1. The van der Waals surface area contributed by atoms with Crippen molar-refractivity contribution in [1.29, 1.82) is 0 Å². The zero-order chi connectivity index (χ0) is 33.3. The van der Waals surface area contributed by atoms with Crippen LogP contribution in [0.15, 0.2) is 80.1 Å². The molecule has 0 aliphatic carbocycles. The molecule has 3 aromatic carbocycles. The minimum atomic E-state index is -5.02. The highest BCUT2D eigenvalue weighted by molar-refractivity contribution is 9.10. The highest BCUT2D eigenvalue weighted by Crippen LogP contribution is 2.39. The molecule has 0 saturated carbocycles. The fourth-order valence-corrected chi connectivity index (χ4v) is 6.69. The van der Waals surface area contributed by atoms with E-state index in [0.717, 1.165) is 15.9 Å². The summed E-state index contributed by atoms with van der Waals surface area (Å²) in [5.41, 5.74) is -1.56. The highest BCUT2D eigenvalue weighted by atomic mass is 79.9. The third-order valence-electron chi connectivity index (χ3n) is 6.75. The third-order valence-corrected chi connectivity index (χ3v) is 9.26. The van der Waals surface area contributed by atoms with Gasteiger partial charge in [0.2, 0.25) is 0 Å². The molecule has 15 heteroatoms. The molecule has 1 aliphatic heterocycles. The number of esters is 1. The van der Waals surface area contributed by atoms with Crippen LogP contribution in [0.4, 0.5) is 13.2 Å². The van der Waals surface area contributed by atoms with Crippen molar-refractivity contribution >= 4 is 74.1 Å². The number of nitrogens with zero attached hydrogens (tertiary/aromatic N) is 2. The van der Waals surface area contributed by atoms with Crippen LogP contribution in [0.3, 0.4) is 0 Å². The van der Waals surface area contributed by atoms with E-state index in [1.54, 1.807) is 30.3 Å². The number of benzene rings is 3. The Balaban J connectivity index is 1.63. The molecule has 4 aromatic rings. The average molecular weight is 777 g/mol. The van der Waals surface area contributed by atoms with Gasteiger partial charge in [-0.05, 0) is 60.5 Å². The number of aromatic nitrogens is 1. The van der Waals surface area contributed by atoms with Crippen LogP contribution in [-0.2, 0) is 16.1 Å². The van der Waals surface area contributed by atoms with Crippen molar-refractivity contribution in [3.8, 4) is 11.5 Å². The maximum absolute atomic E-state index is 14.4. The molecule has 0 N–H and O–H groups in total. The van der Waals surface area contributed by atoms with Gasteiger partial charge in [-0.15, -0.1) is 0 Å². The molecule has 1 aromatic heterocycles. The van der Waals surface area contributed by atoms with E-state index in [9.17, 15) is 22.8 Å². The number of alkyl halides is 3. The van der Waals surface area contributed by atoms with E-state index in [0.29, 0.717) is 42.2 Å². The topological polar surface area (TPSA) is 79.1 Å².